The van der Waals surface area contributed by atoms with E-state index in [1.54, 1.807) is 6.07 Å². The summed E-state index contributed by atoms with van der Waals surface area (Å²) in [6, 6.07) is 12.5. The largest absolute Gasteiger partial charge is 0.494 e. The summed E-state index contributed by atoms with van der Waals surface area (Å²) in [6.45, 7) is 2.83. The highest BCUT2D eigenvalue weighted by atomic mass is 19.1. The Morgan fingerprint density at radius 2 is 1.89 bits per heavy atom. The number of benzene rings is 2. The van der Waals surface area contributed by atoms with E-state index in [4.69, 9.17) is 10.5 Å². The second-order valence-corrected chi connectivity index (χ2v) is 4.47. The van der Waals surface area contributed by atoms with Gasteiger partial charge in [-0.05, 0) is 41.8 Å². The Morgan fingerprint density at radius 1 is 1.11 bits per heavy atom. The fraction of sp³-hybridized carbons (Fsp3) is 0.250. The molecule has 0 saturated carbocycles. The molecule has 2 aromatic carbocycles. The predicted octanol–water partition coefficient (Wildman–Crippen LogP) is 4.25. The number of ether oxygens (including phenoxy) is 1. The third-order valence-electron chi connectivity index (χ3n) is 2.93. The summed E-state index contributed by atoms with van der Waals surface area (Å²) in [7, 11) is 0. The molecule has 0 amide bonds. The molecular formula is C16H18FNO. The van der Waals surface area contributed by atoms with Crippen LogP contribution in [-0.2, 0) is 0 Å². The van der Waals surface area contributed by atoms with Crippen LogP contribution in [0.2, 0.25) is 0 Å². The van der Waals surface area contributed by atoms with Gasteiger partial charge in [-0.2, -0.15) is 0 Å². The molecule has 0 aromatic heterocycles. The molecule has 0 fully saturated rings. The van der Waals surface area contributed by atoms with Crippen molar-refractivity contribution in [2.75, 3.05) is 12.3 Å². The maximum absolute atomic E-state index is 13.5. The topological polar surface area (TPSA) is 35.2 Å². The fourth-order valence-electron chi connectivity index (χ4n) is 1.81. The molecule has 2 N–H and O–H groups in total. The van der Waals surface area contributed by atoms with Crippen LogP contribution in [0.25, 0.3) is 11.1 Å². The number of anilines is 1. The van der Waals surface area contributed by atoms with Crippen LogP contribution in [0.3, 0.4) is 0 Å². The summed E-state index contributed by atoms with van der Waals surface area (Å²) >= 11 is 0. The van der Waals surface area contributed by atoms with E-state index in [-0.39, 0.29) is 5.69 Å². The predicted molar refractivity (Wildman–Crippen MR) is 76.7 cm³/mol. The van der Waals surface area contributed by atoms with Crippen LogP contribution in [0.15, 0.2) is 42.5 Å². The summed E-state index contributed by atoms with van der Waals surface area (Å²) in [5, 5.41) is 0. The molecule has 0 unspecified atom stereocenters. The second kappa shape index (κ2) is 6.23. The Balaban J connectivity index is 2.19. The zero-order valence-electron chi connectivity index (χ0n) is 11.0. The van der Waals surface area contributed by atoms with E-state index in [2.05, 4.69) is 6.92 Å². The molecule has 3 heteroatoms. The van der Waals surface area contributed by atoms with E-state index in [0.717, 1.165) is 29.7 Å². The van der Waals surface area contributed by atoms with Gasteiger partial charge in [0.05, 0.1) is 12.3 Å². The lowest BCUT2D eigenvalue weighted by Crippen LogP contribution is -1.96. The van der Waals surface area contributed by atoms with Crippen LogP contribution < -0.4 is 10.5 Å². The lowest BCUT2D eigenvalue weighted by atomic mass is 10.0. The fourth-order valence-corrected chi connectivity index (χ4v) is 1.81. The minimum atomic E-state index is -0.394. The van der Waals surface area contributed by atoms with Crippen molar-refractivity contribution in [1.82, 2.24) is 0 Å². The molecule has 2 aromatic rings. The number of nitrogens with two attached hydrogens (primary N) is 1. The van der Waals surface area contributed by atoms with Crippen molar-refractivity contribution in [1.29, 1.82) is 0 Å². The van der Waals surface area contributed by atoms with E-state index >= 15 is 0 Å². The van der Waals surface area contributed by atoms with E-state index in [1.807, 2.05) is 30.3 Å². The van der Waals surface area contributed by atoms with Gasteiger partial charge in [0.25, 0.3) is 0 Å². The minimum absolute atomic E-state index is 0.166. The Labute approximate surface area is 113 Å². The molecule has 0 radical (unpaired) electrons. The number of rotatable bonds is 5. The van der Waals surface area contributed by atoms with Crippen LogP contribution in [0.4, 0.5) is 10.1 Å². The third kappa shape index (κ3) is 3.47. The highest BCUT2D eigenvalue weighted by molar-refractivity contribution is 5.67. The van der Waals surface area contributed by atoms with Gasteiger partial charge < -0.3 is 10.5 Å². The highest BCUT2D eigenvalue weighted by Gasteiger charge is 2.04. The van der Waals surface area contributed by atoms with E-state index in [1.165, 1.54) is 6.07 Å². The molecule has 0 atom stereocenters. The summed E-state index contributed by atoms with van der Waals surface area (Å²) < 4.78 is 19.1. The van der Waals surface area contributed by atoms with Crippen molar-refractivity contribution in [2.45, 2.75) is 19.8 Å². The summed E-state index contributed by atoms with van der Waals surface area (Å²) in [4.78, 5) is 0. The van der Waals surface area contributed by atoms with Gasteiger partial charge in [-0.15, -0.1) is 0 Å². The molecular weight excluding hydrogens is 241 g/mol. The molecule has 2 rings (SSSR count). The first kappa shape index (κ1) is 13.4. The number of unbranched alkanes of at least 4 members (excludes halogenated alkanes) is 1. The van der Waals surface area contributed by atoms with Gasteiger partial charge in [0.15, 0.2) is 0 Å². The van der Waals surface area contributed by atoms with Gasteiger partial charge in [0.1, 0.15) is 11.6 Å². The molecule has 0 aliphatic heterocycles. The zero-order chi connectivity index (χ0) is 13.7. The third-order valence-corrected chi connectivity index (χ3v) is 2.93. The van der Waals surface area contributed by atoms with Crippen LogP contribution in [-0.4, -0.2) is 6.61 Å². The summed E-state index contributed by atoms with van der Waals surface area (Å²) in [5.74, 6) is 0.415. The normalized spacial score (nSPS) is 10.4. The van der Waals surface area contributed by atoms with Crippen LogP contribution in [0.1, 0.15) is 19.8 Å². The van der Waals surface area contributed by atoms with Gasteiger partial charge in [-0.25, -0.2) is 4.39 Å². The maximum Gasteiger partial charge on any atom is 0.146 e. The summed E-state index contributed by atoms with van der Waals surface area (Å²) in [5.41, 5.74) is 7.37. The molecule has 0 aliphatic carbocycles. The number of hydrogen-bond donors (Lipinski definition) is 1. The molecule has 0 aliphatic rings. The zero-order valence-corrected chi connectivity index (χ0v) is 11.0. The molecule has 0 spiro atoms. The Kier molecular flexibility index (Phi) is 4.39. The average Bonchev–Trinajstić information content (AvgIpc) is 2.43. The monoisotopic (exact) mass is 259 g/mol. The molecule has 2 nitrogen and oxygen atoms in total. The maximum atomic E-state index is 13.5. The van der Waals surface area contributed by atoms with E-state index < -0.39 is 5.82 Å². The quantitative estimate of drug-likeness (QED) is 0.643. The summed E-state index contributed by atoms with van der Waals surface area (Å²) in [6.07, 6.45) is 2.13. The van der Waals surface area contributed by atoms with Crippen LogP contribution in [0, 0.1) is 5.82 Å². The number of nitrogen functional groups attached to an aromatic ring is 1. The highest BCUT2D eigenvalue weighted by Crippen LogP contribution is 2.26. The Hall–Kier alpha value is -2.03. The number of halogens is 1. The van der Waals surface area contributed by atoms with Crippen molar-refractivity contribution in [3.63, 3.8) is 0 Å². The average molecular weight is 259 g/mol. The molecule has 0 bridgehead atoms. The van der Waals surface area contributed by atoms with Crippen molar-refractivity contribution in [3.05, 3.63) is 48.3 Å². The Morgan fingerprint density at radius 3 is 2.63 bits per heavy atom. The molecule has 0 saturated heterocycles. The smallest absolute Gasteiger partial charge is 0.146 e. The lowest BCUT2D eigenvalue weighted by molar-refractivity contribution is 0.309. The minimum Gasteiger partial charge on any atom is -0.494 e. The van der Waals surface area contributed by atoms with Gasteiger partial charge in [0, 0.05) is 0 Å². The van der Waals surface area contributed by atoms with E-state index in [0.29, 0.717) is 6.61 Å². The van der Waals surface area contributed by atoms with Crippen LogP contribution >= 0.6 is 0 Å². The van der Waals surface area contributed by atoms with Gasteiger partial charge >= 0.3 is 0 Å². The van der Waals surface area contributed by atoms with E-state index in [9.17, 15) is 4.39 Å². The second-order valence-electron chi connectivity index (χ2n) is 4.47. The molecule has 100 valence electrons. The lowest BCUT2D eigenvalue weighted by Gasteiger charge is -2.08. The first-order chi connectivity index (χ1) is 9.20. The van der Waals surface area contributed by atoms with Gasteiger partial charge in [0.2, 0.25) is 0 Å². The first-order valence-electron chi connectivity index (χ1n) is 6.49. The Bertz CT molecular complexity index is 554. The first-order valence-corrected chi connectivity index (χ1v) is 6.49. The number of hydrogen-bond acceptors (Lipinski definition) is 2. The van der Waals surface area contributed by atoms with Crippen molar-refractivity contribution in [3.8, 4) is 16.9 Å². The van der Waals surface area contributed by atoms with Crippen molar-refractivity contribution >= 4 is 5.69 Å². The van der Waals surface area contributed by atoms with Crippen LogP contribution in [0.5, 0.6) is 5.75 Å². The SMILES string of the molecule is CCCCOc1cccc(-c2ccc(N)c(F)c2)c1. The van der Waals surface area contributed by atoms with Gasteiger partial charge in [-0.3, -0.25) is 0 Å². The van der Waals surface area contributed by atoms with Crippen molar-refractivity contribution < 1.29 is 9.13 Å². The van der Waals surface area contributed by atoms with Gasteiger partial charge in [-0.1, -0.05) is 31.5 Å². The molecule has 19 heavy (non-hydrogen) atoms. The standard InChI is InChI=1S/C16H18FNO/c1-2-3-9-19-14-6-4-5-12(10-14)13-7-8-16(18)15(17)11-13/h4-8,10-11H,2-3,9,18H2,1H3. The van der Waals surface area contributed by atoms with Crippen molar-refractivity contribution in [2.24, 2.45) is 0 Å². The molecule has 0 heterocycles.